The Kier molecular flexibility index (Phi) is 15.3. The van der Waals surface area contributed by atoms with Crippen LogP contribution in [0.4, 0.5) is 0 Å². The highest BCUT2D eigenvalue weighted by Gasteiger charge is 2.38. The first kappa shape index (κ1) is 36.4. The highest BCUT2D eigenvalue weighted by atomic mass is 32.1. The van der Waals surface area contributed by atoms with Crippen molar-refractivity contribution >= 4 is 35.1 Å². The van der Waals surface area contributed by atoms with E-state index in [1.165, 1.54) is 12.3 Å². The molecule has 1 aromatic rings. The minimum Gasteiger partial charge on any atom is -0.476 e. The Labute approximate surface area is 260 Å². The van der Waals surface area contributed by atoms with Crippen LogP contribution in [0.15, 0.2) is 17.5 Å². The maximum absolute atomic E-state index is 14.4. The smallest absolute Gasteiger partial charge is 0.355 e. The fraction of sp³-hybridized carbons (Fsp3) is 0.710. The summed E-state index contributed by atoms with van der Waals surface area (Å²) in [6.07, 6.45) is 5.33. The van der Waals surface area contributed by atoms with E-state index in [0.29, 0.717) is 23.6 Å². The fourth-order valence-electron chi connectivity index (χ4n) is 5.21. The number of rotatable bonds is 18. The number of ether oxygens (including phenoxy) is 2. The number of nitrogens with zero attached hydrogens (tertiary/aromatic N) is 3. The summed E-state index contributed by atoms with van der Waals surface area (Å²) in [5.74, 6) is -2.39. The van der Waals surface area contributed by atoms with Crippen LogP contribution in [-0.2, 0) is 23.9 Å². The van der Waals surface area contributed by atoms with E-state index in [9.17, 15) is 24.3 Å². The zero-order valence-electron chi connectivity index (χ0n) is 26.6. The van der Waals surface area contributed by atoms with E-state index >= 15 is 0 Å². The van der Waals surface area contributed by atoms with E-state index in [2.05, 4.69) is 23.8 Å². The molecule has 12 heteroatoms. The molecule has 0 saturated carbocycles. The number of aromatic nitrogens is 1. The van der Waals surface area contributed by atoms with Gasteiger partial charge in [-0.2, -0.15) is 0 Å². The van der Waals surface area contributed by atoms with Gasteiger partial charge < -0.3 is 24.8 Å². The summed E-state index contributed by atoms with van der Waals surface area (Å²) in [5, 5.41) is 14.1. The molecule has 11 nitrogen and oxygen atoms in total. The summed E-state index contributed by atoms with van der Waals surface area (Å²) in [6.45, 7) is 14.6. The summed E-state index contributed by atoms with van der Waals surface area (Å²) < 4.78 is 11.6. The van der Waals surface area contributed by atoms with Gasteiger partial charge >= 0.3 is 11.9 Å². The van der Waals surface area contributed by atoms with Crippen molar-refractivity contribution in [1.29, 1.82) is 0 Å². The highest BCUT2D eigenvalue weighted by Crippen LogP contribution is 2.31. The molecular formula is C31H50N4O7S. The number of carboxylic acids is 1. The number of hydrogen-bond acceptors (Lipinski definition) is 9. The molecule has 1 fully saturated rings. The van der Waals surface area contributed by atoms with Crippen LogP contribution in [0, 0.1) is 5.92 Å². The number of carbonyl (C=O) groups is 4. The topological polar surface area (TPSA) is 138 Å². The van der Waals surface area contributed by atoms with Gasteiger partial charge in [0.1, 0.15) is 17.8 Å². The van der Waals surface area contributed by atoms with Crippen molar-refractivity contribution < 1.29 is 33.8 Å². The maximum Gasteiger partial charge on any atom is 0.355 e. The molecule has 1 aliphatic heterocycles. The Morgan fingerprint density at radius 3 is 2.51 bits per heavy atom. The standard InChI is InChI=1S/C31H50N4O7S/c1-8-10-13-16-41-19-35(30(38)27(21(5)9-2)33-28(37)24-14-11-12-15-34(24)7)25(20(3)4)17-26(42-22(6)36)29-32-23(18-43-29)31(39)40/h18,20,24-27H,5,8-17,19H2,1-4,6-7H3,(H,33,37)(H,39,40)/t24-,25-,26-,27+/m1/s1. The first-order valence-electron chi connectivity index (χ1n) is 15.3. The average molecular weight is 623 g/mol. The lowest BCUT2D eigenvalue weighted by molar-refractivity contribution is -0.152. The van der Waals surface area contributed by atoms with Gasteiger partial charge in [-0.15, -0.1) is 11.3 Å². The van der Waals surface area contributed by atoms with Crippen LogP contribution in [0.5, 0.6) is 0 Å². The molecule has 1 aromatic heterocycles. The lowest BCUT2D eigenvalue weighted by atomic mass is 9.94. The number of piperidine rings is 1. The Bertz CT molecular complexity index is 1090. The molecule has 4 atom stereocenters. The molecule has 0 bridgehead atoms. The minimum atomic E-state index is -1.18. The van der Waals surface area contributed by atoms with Crippen LogP contribution in [-0.4, -0.2) is 88.7 Å². The number of esters is 1. The van der Waals surface area contributed by atoms with Gasteiger partial charge in [0.2, 0.25) is 5.91 Å². The number of carbonyl (C=O) groups excluding carboxylic acids is 3. The molecule has 242 valence electrons. The molecule has 2 N–H and O–H groups in total. The van der Waals surface area contributed by atoms with Crippen molar-refractivity contribution in [3.8, 4) is 0 Å². The van der Waals surface area contributed by atoms with Crippen LogP contribution < -0.4 is 5.32 Å². The van der Waals surface area contributed by atoms with Crippen LogP contribution in [0.2, 0.25) is 0 Å². The predicted molar refractivity (Wildman–Crippen MR) is 166 cm³/mol. The van der Waals surface area contributed by atoms with Crippen LogP contribution in [0.1, 0.15) is 108 Å². The number of hydrogen-bond donors (Lipinski definition) is 2. The fourth-order valence-corrected chi connectivity index (χ4v) is 6.04. The predicted octanol–water partition coefficient (Wildman–Crippen LogP) is 4.79. The van der Waals surface area contributed by atoms with Gasteiger partial charge in [0.15, 0.2) is 11.8 Å². The number of aromatic carboxylic acids is 1. The minimum absolute atomic E-state index is 0.0247. The quantitative estimate of drug-likeness (QED) is 0.102. The molecule has 0 aromatic carbocycles. The molecule has 1 saturated heterocycles. The second-order valence-corrected chi connectivity index (χ2v) is 12.4. The van der Waals surface area contributed by atoms with E-state index in [1.807, 2.05) is 32.7 Å². The molecule has 43 heavy (non-hydrogen) atoms. The van der Waals surface area contributed by atoms with Crippen LogP contribution >= 0.6 is 11.3 Å². The molecule has 2 heterocycles. The number of likely N-dealkylation sites (N-methyl/N-ethyl adjacent to an activating group) is 1. The molecule has 2 amide bonds. The largest absolute Gasteiger partial charge is 0.476 e. The maximum atomic E-state index is 14.4. The number of likely N-dealkylation sites (tertiary alicyclic amines) is 1. The van der Waals surface area contributed by atoms with Gasteiger partial charge in [-0.05, 0) is 50.8 Å². The third-order valence-corrected chi connectivity index (χ3v) is 8.76. The van der Waals surface area contributed by atoms with E-state index in [-0.39, 0.29) is 42.6 Å². The zero-order valence-corrected chi connectivity index (χ0v) is 27.4. The molecular weight excluding hydrogens is 572 g/mol. The van der Waals surface area contributed by atoms with Crippen molar-refractivity contribution in [2.45, 2.75) is 110 Å². The van der Waals surface area contributed by atoms with Crippen LogP contribution in [0.3, 0.4) is 0 Å². The summed E-state index contributed by atoms with van der Waals surface area (Å²) in [7, 11) is 1.92. The summed E-state index contributed by atoms with van der Waals surface area (Å²) in [4.78, 5) is 59.2. The van der Waals surface area contributed by atoms with Gasteiger partial charge in [-0.1, -0.05) is 53.5 Å². The Morgan fingerprint density at radius 2 is 1.95 bits per heavy atom. The molecule has 2 rings (SSSR count). The Morgan fingerprint density at radius 1 is 1.23 bits per heavy atom. The number of thiazole rings is 1. The molecule has 0 radical (unpaired) electrons. The van der Waals surface area contributed by atoms with Crippen molar-refractivity contribution in [2.24, 2.45) is 5.92 Å². The zero-order chi connectivity index (χ0) is 32.1. The van der Waals surface area contributed by atoms with E-state index in [0.717, 1.165) is 56.4 Å². The first-order chi connectivity index (χ1) is 20.4. The van der Waals surface area contributed by atoms with Gasteiger partial charge in [0.25, 0.3) is 5.91 Å². The van der Waals surface area contributed by atoms with Crippen molar-refractivity contribution in [3.05, 3.63) is 28.2 Å². The Hall–Kier alpha value is -2.83. The second-order valence-electron chi connectivity index (χ2n) is 11.5. The summed E-state index contributed by atoms with van der Waals surface area (Å²) in [5.41, 5.74) is 0.443. The highest BCUT2D eigenvalue weighted by molar-refractivity contribution is 7.09. The second kappa shape index (κ2) is 18.1. The number of unbranched alkanes of at least 4 members (excludes halogenated alkanes) is 2. The summed E-state index contributed by atoms with van der Waals surface area (Å²) in [6, 6.07) is -1.78. The van der Waals surface area contributed by atoms with Gasteiger partial charge in [0.05, 0.1) is 6.04 Å². The summed E-state index contributed by atoms with van der Waals surface area (Å²) >= 11 is 1.09. The van der Waals surface area contributed by atoms with Crippen molar-refractivity contribution in [1.82, 2.24) is 20.1 Å². The average Bonchev–Trinajstić information content (AvgIpc) is 3.46. The normalized spacial score (nSPS) is 17.6. The molecule has 0 spiro atoms. The molecule has 0 unspecified atom stereocenters. The van der Waals surface area contributed by atoms with E-state index in [1.54, 1.807) is 4.90 Å². The third kappa shape index (κ3) is 11.0. The molecule has 0 aliphatic carbocycles. The first-order valence-corrected chi connectivity index (χ1v) is 16.2. The van der Waals surface area contributed by atoms with E-state index in [4.69, 9.17) is 9.47 Å². The molecule has 1 aliphatic rings. The Balaban J connectivity index is 2.44. The SMILES string of the molecule is C=C(CC)[C@H](NC(=O)[C@H]1CCCCN1C)C(=O)N(COCCCCC)[C@H](C[C@@H](OC(C)=O)c1nc(C(=O)O)cs1)C(C)C. The van der Waals surface area contributed by atoms with Gasteiger partial charge in [0, 0.05) is 31.4 Å². The number of amides is 2. The third-order valence-electron chi connectivity index (χ3n) is 7.82. The van der Waals surface area contributed by atoms with Crippen LogP contribution in [0.25, 0.3) is 0 Å². The van der Waals surface area contributed by atoms with Gasteiger partial charge in [-0.3, -0.25) is 19.3 Å². The van der Waals surface area contributed by atoms with Gasteiger partial charge in [-0.25, -0.2) is 9.78 Å². The lowest BCUT2D eigenvalue weighted by Gasteiger charge is -2.39. The van der Waals surface area contributed by atoms with Crippen molar-refractivity contribution in [3.63, 3.8) is 0 Å². The number of carboxylic acid groups (broad SMARTS) is 1. The van der Waals surface area contributed by atoms with Crippen molar-refractivity contribution in [2.75, 3.05) is 26.9 Å². The van der Waals surface area contributed by atoms with E-state index < -0.39 is 30.1 Å². The monoisotopic (exact) mass is 622 g/mol. The lowest BCUT2D eigenvalue weighted by Crippen LogP contribution is -2.57. The number of nitrogens with one attached hydrogen (secondary N) is 1.